The molecule has 2 amide bonds. The van der Waals surface area contributed by atoms with Crippen LogP contribution >= 0.6 is 11.8 Å². The first kappa shape index (κ1) is 20.8. The summed E-state index contributed by atoms with van der Waals surface area (Å²) in [5.41, 5.74) is 1.93. The third kappa shape index (κ3) is 5.17. The molecule has 1 N–H and O–H groups in total. The fourth-order valence-corrected chi connectivity index (χ4v) is 5.01. The molecule has 4 rings (SSSR count). The molecule has 2 aliphatic rings. The summed E-state index contributed by atoms with van der Waals surface area (Å²) in [5.74, 6) is 1.62. The summed E-state index contributed by atoms with van der Waals surface area (Å²) < 4.78 is 6.14. The maximum atomic E-state index is 12.7. The van der Waals surface area contributed by atoms with Gasteiger partial charge in [0.05, 0.1) is 11.8 Å². The quantitative estimate of drug-likeness (QED) is 0.709. The van der Waals surface area contributed by atoms with Crippen LogP contribution in [0.2, 0.25) is 0 Å². The Balaban J connectivity index is 1.27. The van der Waals surface area contributed by atoms with Crippen LogP contribution < -0.4 is 15.0 Å². The number of hydrogen-bond donors (Lipinski definition) is 1. The topological polar surface area (TPSA) is 58.6 Å². The van der Waals surface area contributed by atoms with E-state index in [1.54, 1.807) is 11.8 Å². The van der Waals surface area contributed by atoms with Crippen LogP contribution in [0.4, 0.5) is 5.69 Å². The number of amides is 2. The smallest absolute Gasteiger partial charge is 0.227 e. The highest BCUT2D eigenvalue weighted by molar-refractivity contribution is 7.99. The van der Waals surface area contributed by atoms with Crippen LogP contribution in [0.3, 0.4) is 0 Å². The largest absolute Gasteiger partial charge is 0.490 e. The first-order valence-electron chi connectivity index (χ1n) is 10.7. The molecule has 0 spiro atoms. The van der Waals surface area contributed by atoms with Crippen molar-refractivity contribution in [2.45, 2.75) is 56.1 Å². The Bertz CT molecular complexity index is 896. The maximum Gasteiger partial charge on any atom is 0.227 e. The lowest BCUT2D eigenvalue weighted by atomic mass is 10.2. The SMILES string of the molecule is O=C(CCC(=O)N1CCSc2ccccc21)NCc1ccccc1OC1CCCC1. The van der Waals surface area contributed by atoms with Gasteiger partial charge in [0.2, 0.25) is 11.8 Å². The number of ether oxygens (including phenoxy) is 1. The number of rotatable bonds is 7. The molecule has 5 nitrogen and oxygen atoms in total. The third-order valence-corrected chi connectivity index (χ3v) is 6.68. The Morgan fingerprint density at radius 2 is 1.80 bits per heavy atom. The number of nitrogens with zero attached hydrogens (tertiary/aromatic N) is 1. The van der Waals surface area contributed by atoms with Crippen molar-refractivity contribution >= 4 is 29.3 Å². The van der Waals surface area contributed by atoms with E-state index in [0.717, 1.165) is 40.5 Å². The second kappa shape index (κ2) is 10.0. The number of thioether (sulfide) groups is 1. The van der Waals surface area contributed by atoms with Crippen molar-refractivity contribution in [2.75, 3.05) is 17.2 Å². The second-order valence-electron chi connectivity index (χ2n) is 7.77. The van der Waals surface area contributed by atoms with Crippen molar-refractivity contribution in [2.24, 2.45) is 0 Å². The average molecular weight is 425 g/mol. The van der Waals surface area contributed by atoms with Crippen LogP contribution in [0.1, 0.15) is 44.1 Å². The number of fused-ring (bicyclic) bond motifs is 1. The van der Waals surface area contributed by atoms with E-state index in [1.165, 1.54) is 12.8 Å². The molecule has 0 saturated heterocycles. The van der Waals surface area contributed by atoms with Crippen LogP contribution in [0.25, 0.3) is 0 Å². The fraction of sp³-hybridized carbons (Fsp3) is 0.417. The number of carbonyl (C=O) groups is 2. The van der Waals surface area contributed by atoms with Crippen LogP contribution in [0.15, 0.2) is 53.4 Å². The van der Waals surface area contributed by atoms with Gasteiger partial charge in [-0.05, 0) is 43.9 Å². The van der Waals surface area contributed by atoms with Gasteiger partial charge >= 0.3 is 0 Å². The van der Waals surface area contributed by atoms with Crippen molar-refractivity contribution in [1.82, 2.24) is 5.32 Å². The number of para-hydroxylation sites is 2. The molecule has 1 fully saturated rings. The van der Waals surface area contributed by atoms with Crippen LogP contribution in [0.5, 0.6) is 5.75 Å². The molecule has 2 aromatic carbocycles. The summed E-state index contributed by atoms with van der Waals surface area (Å²) in [7, 11) is 0. The number of carbonyl (C=O) groups excluding carboxylic acids is 2. The van der Waals surface area contributed by atoms with Gasteiger partial charge in [-0.15, -0.1) is 11.8 Å². The normalized spacial score (nSPS) is 16.2. The maximum absolute atomic E-state index is 12.7. The minimum Gasteiger partial charge on any atom is -0.490 e. The monoisotopic (exact) mass is 424 g/mol. The number of anilines is 1. The molecule has 0 atom stereocenters. The van der Waals surface area contributed by atoms with Crippen molar-refractivity contribution in [3.63, 3.8) is 0 Å². The number of benzene rings is 2. The Labute approximate surface area is 182 Å². The van der Waals surface area contributed by atoms with Gasteiger partial charge in [0, 0.05) is 42.1 Å². The molecule has 0 unspecified atom stereocenters. The molecule has 1 heterocycles. The van der Waals surface area contributed by atoms with E-state index >= 15 is 0 Å². The molecular weight excluding hydrogens is 396 g/mol. The molecule has 6 heteroatoms. The zero-order chi connectivity index (χ0) is 20.8. The molecule has 2 aromatic rings. The van der Waals surface area contributed by atoms with E-state index in [0.29, 0.717) is 13.1 Å². The van der Waals surface area contributed by atoms with Crippen molar-refractivity contribution < 1.29 is 14.3 Å². The number of nitrogens with one attached hydrogen (secondary N) is 1. The lowest BCUT2D eigenvalue weighted by Crippen LogP contribution is -2.36. The summed E-state index contributed by atoms with van der Waals surface area (Å²) in [6.45, 7) is 1.10. The van der Waals surface area contributed by atoms with Crippen LogP contribution in [0, 0.1) is 0 Å². The molecule has 0 bridgehead atoms. The lowest BCUT2D eigenvalue weighted by Gasteiger charge is -2.29. The van der Waals surface area contributed by atoms with E-state index < -0.39 is 0 Å². The van der Waals surface area contributed by atoms with Gasteiger partial charge in [-0.25, -0.2) is 0 Å². The molecular formula is C24H28N2O3S. The van der Waals surface area contributed by atoms with E-state index in [2.05, 4.69) is 5.32 Å². The van der Waals surface area contributed by atoms with Gasteiger partial charge in [-0.2, -0.15) is 0 Å². The molecule has 0 aromatic heterocycles. The highest BCUT2D eigenvalue weighted by Crippen LogP contribution is 2.34. The minimum atomic E-state index is -0.112. The summed E-state index contributed by atoms with van der Waals surface area (Å²) in [4.78, 5) is 28.0. The molecule has 1 saturated carbocycles. The average Bonchev–Trinajstić information content (AvgIpc) is 3.29. The molecule has 158 valence electrons. The summed E-state index contributed by atoms with van der Waals surface area (Å²) in [6, 6.07) is 15.8. The van der Waals surface area contributed by atoms with Gasteiger partial charge in [0.1, 0.15) is 5.75 Å². The van der Waals surface area contributed by atoms with Gasteiger partial charge in [0.25, 0.3) is 0 Å². The molecule has 1 aliphatic carbocycles. The van der Waals surface area contributed by atoms with E-state index in [9.17, 15) is 9.59 Å². The van der Waals surface area contributed by atoms with Crippen LogP contribution in [-0.4, -0.2) is 30.2 Å². The minimum absolute atomic E-state index is 0.00265. The summed E-state index contributed by atoms with van der Waals surface area (Å²) in [6.07, 6.45) is 5.32. The Morgan fingerprint density at radius 1 is 1.03 bits per heavy atom. The number of hydrogen-bond acceptors (Lipinski definition) is 4. The summed E-state index contributed by atoms with van der Waals surface area (Å²) in [5, 5.41) is 2.95. The van der Waals surface area contributed by atoms with Crippen LogP contribution in [-0.2, 0) is 16.1 Å². The highest BCUT2D eigenvalue weighted by Gasteiger charge is 2.23. The van der Waals surface area contributed by atoms with E-state index in [4.69, 9.17) is 4.74 Å². The Kier molecular flexibility index (Phi) is 6.95. The fourth-order valence-electron chi connectivity index (χ4n) is 4.02. The Morgan fingerprint density at radius 3 is 2.67 bits per heavy atom. The Hall–Kier alpha value is -2.47. The van der Waals surface area contributed by atoms with E-state index in [-0.39, 0.29) is 30.8 Å². The standard InChI is InChI=1S/C24H28N2O3S/c27-23(13-14-24(28)26-15-16-30-22-12-6-4-10-20(22)26)25-17-18-7-1-5-11-21(18)29-19-8-2-3-9-19/h1,4-7,10-12,19H,2-3,8-9,13-17H2,(H,25,27). The van der Waals surface area contributed by atoms with Gasteiger partial charge in [-0.1, -0.05) is 30.3 Å². The van der Waals surface area contributed by atoms with Crippen molar-refractivity contribution in [1.29, 1.82) is 0 Å². The van der Waals surface area contributed by atoms with Gasteiger partial charge in [-0.3, -0.25) is 9.59 Å². The molecule has 1 aliphatic heterocycles. The first-order valence-corrected chi connectivity index (χ1v) is 11.7. The highest BCUT2D eigenvalue weighted by atomic mass is 32.2. The van der Waals surface area contributed by atoms with Crippen molar-refractivity contribution in [3.05, 3.63) is 54.1 Å². The molecule has 30 heavy (non-hydrogen) atoms. The zero-order valence-electron chi connectivity index (χ0n) is 17.1. The van der Waals surface area contributed by atoms with Gasteiger partial charge < -0.3 is 15.0 Å². The van der Waals surface area contributed by atoms with Gasteiger partial charge in [0.15, 0.2) is 0 Å². The first-order chi connectivity index (χ1) is 14.7. The predicted molar refractivity (Wildman–Crippen MR) is 120 cm³/mol. The zero-order valence-corrected chi connectivity index (χ0v) is 18.0. The third-order valence-electron chi connectivity index (χ3n) is 5.64. The van der Waals surface area contributed by atoms with Crippen molar-refractivity contribution in [3.8, 4) is 5.75 Å². The van der Waals surface area contributed by atoms with E-state index in [1.807, 2.05) is 53.4 Å². The lowest BCUT2D eigenvalue weighted by molar-refractivity contribution is -0.125. The summed E-state index contributed by atoms with van der Waals surface area (Å²) >= 11 is 1.77. The second-order valence-corrected chi connectivity index (χ2v) is 8.91. The molecule has 0 radical (unpaired) electrons. The predicted octanol–water partition coefficient (Wildman–Crippen LogP) is 4.54.